The molecule has 26 heavy (non-hydrogen) atoms. The molecule has 3 rings (SSSR count). The summed E-state index contributed by atoms with van der Waals surface area (Å²) in [6.07, 6.45) is 0. The predicted molar refractivity (Wildman–Crippen MR) is 99.8 cm³/mol. The summed E-state index contributed by atoms with van der Waals surface area (Å²) >= 11 is 1.29. The van der Waals surface area contributed by atoms with Crippen molar-refractivity contribution in [3.05, 3.63) is 65.7 Å². The minimum Gasteiger partial charge on any atom is -0.497 e. The second kappa shape index (κ2) is 7.27. The Morgan fingerprint density at radius 1 is 1.08 bits per heavy atom. The van der Waals surface area contributed by atoms with Gasteiger partial charge in [0.05, 0.1) is 12.0 Å². The minimum atomic E-state index is -3.97. The standard InChI is InChI=1S/C18H16N2O4S2/c1-20(26(22,23)15-10-8-14(24-2)9-11-15)18(21)16-12-25-17(19-16)13-6-4-3-5-7-13/h3-12H,1-2H3. The summed E-state index contributed by atoms with van der Waals surface area (Å²) in [5, 5.41) is 2.22. The third-order valence-electron chi connectivity index (χ3n) is 3.75. The zero-order valence-electron chi connectivity index (χ0n) is 14.1. The predicted octanol–water partition coefficient (Wildman–Crippen LogP) is 3.28. The highest BCUT2D eigenvalue weighted by Crippen LogP contribution is 2.25. The Balaban J connectivity index is 1.86. The molecule has 0 aliphatic carbocycles. The number of benzene rings is 2. The van der Waals surface area contributed by atoms with Gasteiger partial charge in [0.15, 0.2) is 0 Å². The Morgan fingerprint density at radius 2 is 1.73 bits per heavy atom. The lowest BCUT2D eigenvalue weighted by atomic mass is 10.2. The zero-order valence-corrected chi connectivity index (χ0v) is 15.8. The lowest BCUT2D eigenvalue weighted by Crippen LogP contribution is -2.33. The van der Waals surface area contributed by atoms with E-state index in [0.29, 0.717) is 15.1 Å². The Morgan fingerprint density at radius 3 is 2.35 bits per heavy atom. The molecule has 2 aromatic carbocycles. The van der Waals surface area contributed by atoms with Crippen LogP contribution in [0.15, 0.2) is 64.9 Å². The van der Waals surface area contributed by atoms with E-state index in [0.717, 1.165) is 5.56 Å². The van der Waals surface area contributed by atoms with E-state index in [4.69, 9.17) is 4.74 Å². The number of hydrogen-bond donors (Lipinski definition) is 0. The molecule has 0 bridgehead atoms. The first-order chi connectivity index (χ1) is 12.4. The average Bonchev–Trinajstić information content (AvgIpc) is 3.17. The van der Waals surface area contributed by atoms with Crippen LogP contribution in [0.2, 0.25) is 0 Å². The largest absolute Gasteiger partial charge is 0.497 e. The first-order valence-corrected chi connectivity index (χ1v) is 9.93. The number of carbonyl (C=O) groups excluding carboxylic acids is 1. The number of carbonyl (C=O) groups is 1. The number of ether oxygens (including phenoxy) is 1. The van der Waals surface area contributed by atoms with Crippen LogP contribution in [-0.2, 0) is 10.0 Å². The quantitative estimate of drug-likeness (QED) is 0.670. The Bertz CT molecular complexity index is 1010. The van der Waals surface area contributed by atoms with Gasteiger partial charge in [-0.15, -0.1) is 11.3 Å². The Hall–Kier alpha value is -2.71. The van der Waals surface area contributed by atoms with Gasteiger partial charge in [-0.1, -0.05) is 30.3 Å². The molecule has 0 saturated carbocycles. The monoisotopic (exact) mass is 388 g/mol. The summed E-state index contributed by atoms with van der Waals surface area (Å²) in [7, 11) is -1.26. The molecule has 0 aliphatic heterocycles. The van der Waals surface area contributed by atoms with Gasteiger partial charge < -0.3 is 4.74 Å². The van der Waals surface area contributed by atoms with Crippen molar-refractivity contribution in [2.75, 3.05) is 14.2 Å². The molecular formula is C18H16N2O4S2. The second-order valence-electron chi connectivity index (χ2n) is 5.36. The van der Waals surface area contributed by atoms with Crippen LogP contribution in [0.25, 0.3) is 10.6 Å². The van der Waals surface area contributed by atoms with Gasteiger partial charge in [0.25, 0.3) is 15.9 Å². The summed E-state index contributed by atoms with van der Waals surface area (Å²) < 4.78 is 31.1. The van der Waals surface area contributed by atoms with E-state index in [9.17, 15) is 13.2 Å². The maximum absolute atomic E-state index is 12.7. The summed E-state index contributed by atoms with van der Waals surface area (Å²) in [6.45, 7) is 0. The molecule has 0 N–H and O–H groups in total. The van der Waals surface area contributed by atoms with E-state index in [1.807, 2.05) is 30.3 Å². The van der Waals surface area contributed by atoms with Crippen LogP contribution in [0.1, 0.15) is 10.5 Å². The van der Waals surface area contributed by atoms with E-state index in [1.54, 1.807) is 5.38 Å². The third kappa shape index (κ3) is 3.47. The van der Waals surface area contributed by atoms with Gasteiger partial charge in [-0.05, 0) is 24.3 Å². The highest BCUT2D eigenvalue weighted by Gasteiger charge is 2.28. The Labute approximate surface area is 155 Å². The highest BCUT2D eigenvalue weighted by molar-refractivity contribution is 7.89. The van der Waals surface area contributed by atoms with E-state index in [1.165, 1.54) is 49.8 Å². The molecule has 0 aliphatic rings. The number of sulfonamides is 1. The molecule has 8 heteroatoms. The van der Waals surface area contributed by atoms with Crippen molar-refractivity contribution >= 4 is 27.3 Å². The normalized spacial score (nSPS) is 11.2. The molecule has 1 amide bonds. The molecule has 3 aromatic rings. The average molecular weight is 388 g/mol. The summed E-state index contributed by atoms with van der Waals surface area (Å²) in [5.41, 5.74) is 0.964. The molecule has 0 spiro atoms. The molecule has 134 valence electrons. The van der Waals surface area contributed by atoms with E-state index < -0.39 is 15.9 Å². The third-order valence-corrected chi connectivity index (χ3v) is 6.39. The van der Waals surface area contributed by atoms with Crippen LogP contribution >= 0.6 is 11.3 Å². The van der Waals surface area contributed by atoms with Crippen LogP contribution in [0, 0.1) is 0 Å². The molecule has 0 radical (unpaired) electrons. The van der Waals surface area contributed by atoms with E-state index in [2.05, 4.69) is 4.98 Å². The smallest absolute Gasteiger partial charge is 0.286 e. The van der Waals surface area contributed by atoms with Crippen LogP contribution in [0.5, 0.6) is 5.75 Å². The van der Waals surface area contributed by atoms with Crippen molar-refractivity contribution in [1.29, 1.82) is 0 Å². The van der Waals surface area contributed by atoms with Crippen molar-refractivity contribution in [3.8, 4) is 16.3 Å². The van der Waals surface area contributed by atoms with Crippen LogP contribution < -0.4 is 4.74 Å². The van der Waals surface area contributed by atoms with Gasteiger partial charge >= 0.3 is 0 Å². The van der Waals surface area contributed by atoms with Gasteiger partial charge in [-0.2, -0.15) is 0 Å². The van der Waals surface area contributed by atoms with E-state index >= 15 is 0 Å². The number of aromatic nitrogens is 1. The van der Waals surface area contributed by atoms with Crippen molar-refractivity contribution in [2.24, 2.45) is 0 Å². The molecular weight excluding hydrogens is 372 g/mol. The van der Waals surface area contributed by atoms with Crippen LogP contribution in [-0.4, -0.2) is 37.8 Å². The number of amides is 1. The fourth-order valence-corrected chi connectivity index (χ4v) is 4.17. The number of thiazole rings is 1. The van der Waals surface area contributed by atoms with Gasteiger partial charge in [-0.25, -0.2) is 17.7 Å². The van der Waals surface area contributed by atoms with Crippen LogP contribution in [0.4, 0.5) is 0 Å². The lowest BCUT2D eigenvalue weighted by Gasteiger charge is -2.16. The lowest BCUT2D eigenvalue weighted by molar-refractivity contribution is 0.0878. The van der Waals surface area contributed by atoms with Crippen LogP contribution in [0.3, 0.4) is 0 Å². The summed E-state index contributed by atoms with van der Waals surface area (Å²) in [4.78, 5) is 16.9. The Kier molecular flexibility index (Phi) is 5.06. The molecule has 0 atom stereocenters. The maximum atomic E-state index is 12.7. The number of nitrogens with zero attached hydrogens (tertiary/aromatic N) is 2. The van der Waals surface area contributed by atoms with Crippen molar-refractivity contribution in [1.82, 2.24) is 9.29 Å². The number of methoxy groups -OCH3 is 1. The molecule has 1 aromatic heterocycles. The van der Waals surface area contributed by atoms with Crippen molar-refractivity contribution < 1.29 is 17.9 Å². The molecule has 0 saturated heterocycles. The first kappa shape index (κ1) is 18.1. The summed E-state index contributed by atoms with van der Waals surface area (Å²) in [6, 6.07) is 15.2. The topological polar surface area (TPSA) is 76.6 Å². The minimum absolute atomic E-state index is 0.00709. The highest BCUT2D eigenvalue weighted by atomic mass is 32.2. The number of hydrogen-bond acceptors (Lipinski definition) is 6. The molecule has 0 unspecified atom stereocenters. The van der Waals surface area contributed by atoms with Crippen molar-refractivity contribution in [3.63, 3.8) is 0 Å². The molecule has 1 heterocycles. The number of rotatable bonds is 5. The fourth-order valence-electron chi connectivity index (χ4n) is 2.26. The van der Waals surface area contributed by atoms with Gasteiger partial charge in [0.2, 0.25) is 0 Å². The van der Waals surface area contributed by atoms with E-state index in [-0.39, 0.29) is 10.6 Å². The maximum Gasteiger partial charge on any atom is 0.286 e. The van der Waals surface area contributed by atoms with Crippen molar-refractivity contribution in [2.45, 2.75) is 4.90 Å². The zero-order chi connectivity index (χ0) is 18.7. The SMILES string of the molecule is COc1ccc(S(=O)(=O)N(C)C(=O)c2csc(-c3ccccc3)n2)cc1. The fraction of sp³-hybridized carbons (Fsp3) is 0.111. The summed E-state index contributed by atoms with van der Waals surface area (Å²) in [5.74, 6) is -0.149. The molecule has 6 nitrogen and oxygen atoms in total. The first-order valence-electron chi connectivity index (χ1n) is 7.62. The second-order valence-corrected chi connectivity index (χ2v) is 8.18. The van der Waals surface area contributed by atoms with Gasteiger partial charge in [0.1, 0.15) is 16.5 Å². The van der Waals surface area contributed by atoms with Gasteiger partial charge in [0, 0.05) is 18.0 Å². The molecule has 0 fully saturated rings. The van der Waals surface area contributed by atoms with Gasteiger partial charge in [-0.3, -0.25) is 4.79 Å².